The van der Waals surface area contributed by atoms with Gasteiger partial charge in [-0.1, -0.05) is 12.1 Å². The van der Waals surface area contributed by atoms with E-state index in [4.69, 9.17) is 0 Å². The topological polar surface area (TPSA) is 35.5 Å². The lowest BCUT2D eigenvalue weighted by molar-refractivity contribution is 0.139. The van der Waals surface area contributed by atoms with Crippen molar-refractivity contribution in [3.05, 3.63) is 29.8 Å². The Balaban J connectivity index is 0.000000771. The number of piperazine rings is 1. The van der Waals surface area contributed by atoms with Crippen molar-refractivity contribution in [2.75, 3.05) is 13.1 Å². The van der Waals surface area contributed by atoms with Crippen LogP contribution in [0.3, 0.4) is 0 Å². The fraction of sp³-hybridized carbons (Fsp3) is 0.467. The van der Waals surface area contributed by atoms with Crippen molar-refractivity contribution in [3.8, 4) is 18.6 Å². The number of nitrogens with one attached hydrogen (secondary N) is 1. The molecular weight excluding hydrogens is 224 g/mol. The first-order chi connectivity index (χ1) is 8.65. The molecule has 1 heterocycles. The number of nitrogens with zero attached hydrogens (tertiary/aromatic N) is 1. The van der Waals surface area contributed by atoms with Crippen LogP contribution in [0.15, 0.2) is 24.3 Å². The Kier molecular flexibility index (Phi) is 5.70. The standard InChI is InChI=1S/C13H20N2O.C2H2/c1-10-8-15(11(2)7-14-10)9-12-3-5-13(16)6-4-12;1-2/h3-6,10-11,14,16H,7-9H2,1-2H3;1-2H/t10?,11-;/m1./s1. The summed E-state index contributed by atoms with van der Waals surface area (Å²) in [6.07, 6.45) is 8.00. The maximum atomic E-state index is 9.23. The molecule has 0 radical (unpaired) electrons. The summed E-state index contributed by atoms with van der Waals surface area (Å²) < 4.78 is 0. The van der Waals surface area contributed by atoms with Crippen LogP contribution in [0.5, 0.6) is 5.75 Å². The fourth-order valence-electron chi connectivity index (χ4n) is 2.15. The minimum absolute atomic E-state index is 0.338. The smallest absolute Gasteiger partial charge is 0.115 e. The molecule has 18 heavy (non-hydrogen) atoms. The van der Waals surface area contributed by atoms with E-state index >= 15 is 0 Å². The van der Waals surface area contributed by atoms with Gasteiger partial charge in [-0.3, -0.25) is 4.90 Å². The summed E-state index contributed by atoms with van der Waals surface area (Å²) in [5.74, 6) is 0.338. The van der Waals surface area contributed by atoms with Gasteiger partial charge >= 0.3 is 0 Å². The third kappa shape index (κ3) is 4.06. The maximum Gasteiger partial charge on any atom is 0.115 e. The van der Waals surface area contributed by atoms with Crippen molar-refractivity contribution >= 4 is 0 Å². The van der Waals surface area contributed by atoms with E-state index in [0.29, 0.717) is 17.8 Å². The normalized spacial score (nSPS) is 24.0. The van der Waals surface area contributed by atoms with Crippen molar-refractivity contribution in [1.29, 1.82) is 0 Å². The molecule has 0 aromatic heterocycles. The largest absolute Gasteiger partial charge is 0.508 e. The minimum atomic E-state index is 0.338. The summed E-state index contributed by atoms with van der Waals surface area (Å²) >= 11 is 0. The van der Waals surface area contributed by atoms with Crippen molar-refractivity contribution in [2.45, 2.75) is 32.5 Å². The average molecular weight is 246 g/mol. The number of rotatable bonds is 2. The molecule has 1 aliphatic rings. The Bertz CT molecular complexity index is 372. The highest BCUT2D eigenvalue weighted by molar-refractivity contribution is 5.25. The zero-order valence-electron chi connectivity index (χ0n) is 11.1. The molecule has 3 nitrogen and oxygen atoms in total. The maximum absolute atomic E-state index is 9.23. The second-order valence-corrected chi connectivity index (χ2v) is 4.75. The van der Waals surface area contributed by atoms with Gasteiger partial charge < -0.3 is 10.4 Å². The van der Waals surface area contributed by atoms with Gasteiger partial charge in [0.1, 0.15) is 5.75 Å². The lowest BCUT2D eigenvalue weighted by atomic mass is 10.1. The molecule has 1 unspecified atom stereocenters. The predicted octanol–water partition coefficient (Wildman–Crippen LogP) is 1.82. The highest BCUT2D eigenvalue weighted by Gasteiger charge is 2.21. The highest BCUT2D eigenvalue weighted by atomic mass is 16.3. The Labute approximate surface area is 110 Å². The van der Waals surface area contributed by atoms with Gasteiger partial charge in [0, 0.05) is 31.7 Å². The number of aromatic hydroxyl groups is 1. The first-order valence-electron chi connectivity index (χ1n) is 6.24. The Morgan fingerprint density at radius 2 is 1.89 bits per heavy atom. The number of hydrogen-bond acceptors (Lipinski definition) is 3. The second-order valence-electron chi connectivity index (χ2n) is 4.75. The summed E-state index contributed by atoms with van der Waals surface area (Å²) in [6, 6.07) is 8.64. The fourth-order valence-corrected chi connectivity index (χ4v) is 2.15. The summed E-state index contributed by atoms with van der Waals surface area (Å²) in [6.45, 7) is 7.57. The van der Waals surface area contributed by atoms with Crippen LogP contribution in [0.1, 0.15) is 19.4 Å². The minimum Gasteiger partial charge on any atom is -0.508 e. The van der Waals surface area contributed by atoms with E-state index in [1.54, 1.807) is 12.1 Å². The van der Waals surface area contributed by atoms with Crippen molar-refractivity contribution < 1.29 is 5.11 Å². The van der Waals surface area contributed by atoms with Crippen LogP contribution in [-0.2, 0) is 6.54 Å². The lowest BCUT2D eigenvalue weighted by Gasteiger charge is -2.37. The first kappa shape index (κ1) is 14.6. The highest BCUT2D eigenvalue weighted by Crippen LogP contribution is 2.15. The summed E-state index contributed by atoms with van der Waals surface area (Å²) in [5.41, 5.74) is 1.26. The van der Waals surface area contributed by atoms with E-state index < -0.39 is 0 Å². The number of phenols is 1. The number of phenolic OH excluding ortho intramolecular Hbond substituents is 1. The van der Waals surface area contributed by atoms with E-state index in [9.17, 15) is 5.11 Å². The number of hydrogen-bond donors (Lipinski definition) is 2. The molecule has 1 aromatic rings. The Morgan fingerprint density at radius 3 is 2.50 bits per heavy atom. The molecule has 1 saturated heterocycles. The number of terminal acetylenes is 1. The Morgan fingerprint density at radius 1 is 1.28 bits per heavy atom. The molecule has 3 heteroatoms. The zero-order valence-corrected chi connectivity index (χ0v) is 11.1. The van der Waals surface area contributed by atoms with Gasteiger partial charge in [-0.2, -0.15) is 0 Å². The second kappa shape index (κ2) is 7.05. The van der Waals surface area contributed by atoms with Crippen molar-refractivity contribution in [1.82, 2.24) is 10.2 Å². The van der Waals surface area contributed by atoms with Gasteiger partial charge in [-0.25, -0.2) is 0 Å². The van der Waals surface area contributed by atoms with Gasteiger partial charge in [0.2, 0.25) is 0 Å². The third-order valence-electron chi connectivity index (χ3n) is 3.22. The summed E-state index contributed by atoms with van der Waals surface area (Å²) in [7, 11) is 0. The molecule has 2 N–H and O–H groups in total. The summed E-state index contributed by atoms with van der Waals surface area (Å²) in [5, 5.41) is 12.7. The van der Waals surface area contributed by atoms with E-state index in [1.807, 2.05) is 12.1 Å². The van der Waals surface area contributed by atoms with E-state index in [1.165, 1.54) is 5.56 Å². The SMILES string of the molecule is C#C.CC1CN(Cc2ccc(O)cc2)[C@H](C)CN1. The van der Waals surface area contributed by atoms with Gasteiger partial charge in [-0.05, 0) is 31.5 Å². The van der Waals surface area contributed by atoms with E-state index in [0.717, 1.165) is 19.6 Å². The number of benzene rings is 1. The molecule has 0 spiro atoms. The van der Waals surface area contributed by atoms with E-state index in [-0.39, 0.29) is 0 Å². The Hall–Kier alpha value is -1.50. The van der Waals surface area contributed by atoms with Crippen LogP contribution in [0, 0.1) is 12.8 Å². The zero-order chi connectivity index (χ0) is 13.5. The van der Waals surface area contributed by atoms with E-state index in [2.05, 4.69) is 36.9 Å². The molecule has 0 amide bonds. The van der Waals surface area contributed by atoms with Crippen LogP contribution in [0.25, 0.3) is 0 Å². The first-order valence-corrected chi connectivity index (χ1v) is 6.24. The molecule has 2 rings (SSSR count). The monoisotopic (exact) mass is 246 g/mol. The van der Waals surface area contributed by atoms with Crippen LogP contribution < -0.4 is 5.32 Å². The molecule has 0 bridgehead atoms. The molecule has 2 atom stereocenters. The molecular formula is C15H22N2O. The van der Waals surface area contributed by atoms with Gasteiger partial charge in [0.15, 0.2) is 0 Å². The third-order valence-corrected chi connectivity index (χ3v) is 3.22. The lowest BCUT2D eigenvalue weighted by Crippen LogP contribution is -2.53. The molecule has 1 fully saturated rings. The van der Waals surface area contributed by atoms with Crippen LogP contribution >= 0.6 is 0 Å². The molecule has 0 aliphatic carbocycles. The molecule has 0 saturated carbocycles. The van der Waals surface area contributed by atoms with Gasteiger partial charge in [-0.15, -0.1) is 12.8 Å². The van der Waals surface area contributed by atoms with Crippen molar-refractivity contribution in [3.63, 3.8) is 0 Å². The average Bonchev–Trinajstić information content (AvgIpc) is 2.39. The van der Waals surface area contributed by atoms with Gasteiger partial charge in [0.25, 0.3) is 0 Å². The quantitative estimate of drug-likeness (QED) is 0.781. The molecule has 1 aliphatic heterocycles. The van der Waals surface area contributed by atoms with Crippen LogP contribution in [0.4, 0.5) is 0 Å². The van der Waals surface area contributed by atoms with Crippen molar-refractivity contribution in [2.24, 2.45) is 0 Å². The van der Waals surface area contributed by atoms with Crippen LogP contribution in [-0.4, -0.2) is 35.2 Å². The van der Waals surface area contributed by atoms with Crippen LogP contribution in [0.2, 0.25) is 0 Å². The molecule has 1 aromatic carbocycles. The molecule has 98 valence electrons. The summed E-state index contributed by atoms with van der Waals surface area (Å²) in [4.78, 5) is 2.48. The van der Waals surface area contributed by atoms with Gasteiger partial charge in [0.05, 0.1) is 0 Å². The predicted molar refractivity (Wildman–Crippen MR) is 75.3 cm³/mol.